The first-order valence-electron chi connectivity index (χ1n) is 11.1. The average molecular weight is 609 g/mol. The lowest BCUT2D eigenvalue weighted by molar-refractivity contribution is 0.0925. The zero-order valence-corrected chi connectivity index (χ0v) is 23.9. The van der Waals surface area contributed by atoms with E-state index in [9.17, 15) is 9.90 Å². The minimum atomic E-state index is -0.719. The van der Waals surface area contributed by atoms with Crippen molar-refractivity contribution in [3.05, 3.63) is 67.6 Å². The van der Waals surface area contributed by atoms with Crippen molar-refractivity contribution in [1.29, 1.82) is 0 Å². The first-order chi connectivity index (χ1) is 17.0. The lowest BCUT2D eigenvalue weighted by atomic mass is 9.98. The van der Waals surface area contributed by atoms with Gasteiger partial charge in [-0.05, 0) is 37.3 Å². The van der Waals surface area contributed by atoms with Crippen LogP contribution in [0.2, 0.25) is 10.0 Å². The van der Waals surface area contributed by atoms with Crippen LogP contribution in [0, 0.1) is 0 Å². The highest BCUT2D eigenvalue weighted by Gasteiger charge is 2.30. The average Bonchev–Trinajstić information content (AvgIpc) is 3.43. The highest BCUT2D eigenvalue weighted by atomic mass is 79.9. The van der Waals surface area contributed by atoms with Gasteiger partial charge in [0.25, 0.3) is 5.91 Å². The summed E-state index contributed by atoms with van der Waals surface area (Å²) < 4.78 is 2.52. The number of carbonyl (C=O) groups excluding carboxylic acids is 1. The third kappa shape index (κ3) is 5.65. The molecule has 0 fully saturated rings. The summed E-state index contributed by atoms with van der Waals surface area (Å²) in [5.41, 5.74) is 2.27. The Hall–Kier alpha value is -2.30. The Morgan fingerprint density at radius 1 is 1.17 bits per heavy atom. The van der Waals surface area contributed by atoms with E-state index in [1.165, 1.54) is 11.3 Å². The van der Waals surface area contributed by atoms with Crippen LogP contribution in [0.3, 0.4) is 0 Å². The molecule has 0 radical (unpaired) electrons. The Bertz CT molecular complexity index is 1410. The van der Waals surface area contributed by atoms with Crippen LogP contribution in [0.1, 0.15) is 43.1 Å². The van der Waals surface area contributed by atoms with E-state index in [1.54, 1.807) is 29.8 Å². The number of aliphatic hydroxyl groups excluding tert-OH is 1. The van der Waals surface area contributed by atoms with Gasteiger partial charge in [0.05, 0.1) is 28.1 Å². The normalized spacial score (nSPS) is 12.6. The molecule has 2 aromatic carbocycles. The molecule has 1 unspecified atom stereocenters. The van der Waals surface area contributed by atoms with Crippen LogP contribution in [-0.4, -0.2) is 43.6 Å². The van der Waals surface area contributed by atoms with Crippen molar-refractivity contribution in [2.45, 2.75) is 39.2 Å². The summed E-state index contributed by atoms with van der Waals surface area (Å²) in [6, 6.07) is 12.6. The number of rotatable bonds is 6. The van der Waals surface area contributed by atoms with Gasteiger partial charge < -0.3 is 10.4 Å². The molecule has 2 N–H and O–H groups in total. The number of hydrogen-bond acceptors (Lipinski definition) is 6. The summed E-state index contributed by atoms with van der Waals surface area (Å²) in [5, 5.41) is 28.4. The SMILES string of the molecule is CC(O)CNC(=O)c1c(-c2nnc(C(C)(C)C)s2)nn(-c2ccc(Cl)cc2Cl)c1-c1ccc(Br)cc1. The molecular formula is C25H24BrCl2N5O2S. The minimum Gasteiger partial charge on any atom is -0.392 e. The van der Waals surface area contributed by atoms with Crippen LogP contribution in [-0.2, 0) is 5.41 Å². The fourth-order valence-electron chi connectivity index (χ4n) is 3.44. The van der Waals surface area contributed by atoms with Gasteiger partial charge >= 0.3 is 0 Å². The lowest BCUT2D eigenvalue weighted by Crippen LogP contribution is -2.31. The van der Waals surface area contributed by atoms with Crippen LogP contribution < -0.4 is 5.32 Å². The molecule has 36 heavy (non-hydrogen) atoms. The summed E-state index contributed by atoms with van der Waals surface area (Å²) in [4.78, 5) is 13.6. The highest BCUT2D eigenvalue weighted by molar-refractivity contribution is 9.10. The van der Waals surface area contributed by atoms with E-state index in [1.807, 2.05) is 45.0 Å². The first kappa shape index (κ1) is 26.8. The van der Waals surface area contributed by atoms with Gasteiger partial charge in [0.1, 0.15) is 10.7 Å². The largest absolute Gasteiger partial charge is 0.392 e. The fourth-order valence-corrected chi connectivity index (χ4v) is 5.08. The number of amides is 1. The van der Waals surface area contributed by atoms with Crippen molar-refractivity contribution in [3.8, 4) is 27.6 Å². The van der Waals surface area contributed by atoms with Gasteiger partial charge in [-0.1, -0.05) is 83.4 Å². The van der Waals surface area contributed by atoms with Gasteiger partial charge in [-0.3, -0.25) is 4.79 Å². The van der Waals surface area contributed by atoms with Crippen molar-refractivity contribution >= 4 is 56.4 Å². The van der Waals surface area contributed by atoms with Crippen molar-refractivity contribution in [2.24, 2.45) is 0 Å². The Labute approximate surface area is 231 Å². The summed E-state index contributed by atoms with van der Waals surface area (Å²) >= 11 is 17.6. The standard InChI is InChI=1S/C25H24BrCl2N5O2S/c1-13(34)12-29-22(35)19-20(23-30-31-24(36-23)25(2,3)4)32-33(18-10-9-16(27)11-17(18)28)21(19)14-5-7-15(26)8-6-14/h5-11,13,34H,12H2,1-4H3,(H,29,35). The van der Waals surface area contributed by atoms with E-state index in [-0.39, 0.29) is 12.0 Å². The quantitative estimate of drug-likeness (QED) is 0.259. The van der Waals surface area contributed by atoms with Crippen LogP contribution in [0.5, 0.6) is 0 Å². The van der Waals surface area contributed by atoms with Crippen LogP contribution >= 0.6 is 50.5 Å². The third-order valence-electron chi connectivity index (χ3n) is 5.20. The van der Waals surface area contributed by atoms with E-state index in [2.05, 4.69) is 31.4 Å². The second kappa shape index (κ2) is 10.6. The summed E-state index contributed by atoms with van der Waals surface area (Å²) in [7, 11) is 0. The molecular weight excluding hydrogens is 585 g/mol. The molecule has 0 saturated heterocycles. The maximum atomic E-state index is 13.6. The number of aliphatic hydroxyl groups is 1. The summed E-state index contributed by atoms with van der Waals surface area (Å²) in [6.07, 6.45) is -0.719. The number of hydrogen-bond donors (Lipinski definition) is 2. The van der Waals surface area contributed by atoms with E-state index in [0.29, 0.717) is 37.7 Å². The zero-order chi connectivity index (χ0) is 26.2. The molecule has 7 nitrogen and oxygen atoms in total. The second-order valence-electron chi connectivity index (χ2n) is 9.31. The number of nitrogens with one attached hydrogen (secondary N) is 1. The van der Waals surface area contributed by atoms with Gasteiger partial charge in [-0.15, -0.1) is 10.2 Å². The molecule has 0 saturated carbocycles. The van der Waals surface area contributed by atoms with Gasteiger partial charge in [-0.2, -0.15) is 5.10 Å². The minimum absolute atomic E-state index is 0.0777. The predicted octanol–water partition coefficient (Wildman–Crippen LogP) is 6.54. The topological polar surface area (TPSA) is 92.9 Å². The molecule has 2 aromatic heterocycles. The van der Waals surface area contributed by atoms with E-state index in [0.717, 1.165) is 15.0 Å². The molecule has 0 bridgehead atoms. The zero-order valence-electron chi connectivity index (χ0n) is 20.0. The molecule has 1 amide bonds. The maximum absolute atomic E-state index is 13.6. The fraction of sp³-hybridized carbons (Fsp3) is 0.280. The second-order valence-corrected chi connectivity index (χ2v) is 12.0. The summed E-state index contributed by atoms with van der Waals surface area (Å²) in [5.74, 6) is -0.396. The smallest absolute Gasteiger partial charge is 0.255 e. The predicted molar refractivity (Wildman–Crippen MR) is 148 cm³/mol. The number of halogens is 3. The molecule has 1 atom stereocenters. The monoisotopic (exact) mass is 607 g/mol. The van der Waals surface area contributed by atoms with E-state index < -0.39 is 12.0 Å². The molecule has 4 aromatic rings. The maximum Gasteiger partial charge on any atom is 0.255 e. The highest BCUT2D eigenvalue weighted by Crippen LogP contribution is 2.39. The van der Waals surface area contributed by atoms with Gasteiger partial charge in [-0.25, -0.2) is 4.68 Å². The first-order valence-corrected chi connectivity index (χ1v) is 13.5. The third-order valence-corrected chi connectivity index (χ3v) is 7.62. The van der Waals surface area contributed by atoms with Crippen LogP contribution in [0.15, 0.2) is 46.9 Å². The van der Waals surface area contributed by atoms with E-state index in [4.69, 9.17) is 28.3 Å². The van der Waals surface area contributed by atoms with Crippen molar-refractivity contribution in [3.63, 3.8) is 0 Å². The lowest BCUT2D eigenvalue weighted by Gasteiger charge is -2.13. The molecule has 0 spiro atoms. The van der Waals surface area contributed by atoms with Crippen LogP contribution in [0.25, 0.3) is 27.6 Å². The van der Waals surface area contributed by atoms with Crippen molar-refractivity contribution in [2.75, 3.05) is 6.54 Å². The molecule has 0 aliphatic rings. The number of carbonyl (C=O) groups is 1. The Balaban J connectivity index is 2.03. The van der Waals surface area contributed by atoms with Gasteiger partial charge in [0.15, 0.2) is 5.01 Å². The molecule has 11 heteroatoms. The Morgan fingerprint density at radius 3 is 2.44 bits per heavy atom. The molecule has 4 rings (SSSR count). The van der Waals surface area contributed by atoms with Crippen molar-refractivity contribution < 1.29 is 9.90 Å². The number of aromatic nitrogens is 4. The number of nitrogens with zero attached hydrogens (tertiary/aromatic N) is 4. The number of benzene rings is 2. The summed E-state index contributed by atoms with van der Waals surface area (Å²) in [6.45, 7) is 7.83. The molecule has 0 aliphatic carbocycles. The van der Waals surface area contributed by atoms with Gasteiger partial charge in [0.2, 0.25) is 0 Å². The molecule has 188 valence electrons. The van der Waals surface area contributed by atoms with Gasteiger partial charge in [0, 0.05) is 27.0 Å². The van der Waals surface area contributed by atoms with Crippen LogP contribution in [0.4, 0.5) is 0 Å². The van der Waals surface area contributed by atoms with E-state index >= 15 is 0 Å². The molecule has 2 heterocycles. The Morgan fingerprint density at radius 2 is 1.86 bits per heavy atom. The molecule has 0 aliphatic heterocycles. The van der Waals surface area contributed by atoms with Crippen molar-refractivity contribution in [1.82, 2.24) is 25.3 Å². The Kier molecular flexibility index (Phi) is 7.87.